The van der Waals surface area contributed by atoms with Gasteiger partial charge in [-0.05, 0) is 23.8 Å². The predicted molar refractivity (Wildman–Crippen MR) is 84.6 cm³/mol. The first-order chi connectivity index (χ1) is 11.5. The number of hydrogen-bond donors (Lipinski definition) is 2. The topological polar surface area (TPSA) is 103 Å². The molecule has 0 unspecified atom stereocenters. The molecule has 24 heavy (non-hydrogen) atoms. The number of carbonyl (C=O) groups is 3. The molecule has 0 radical (unpaired) electrons. The van der Waals surface area contributed by atoms with Gasteiger partial charge in [-0.3, -0.25) is 9.59 Å². The Balaban J connectivity index is 1.82. The fourth-order valence-electron chi connectivity index (χ4n) is 1.75. The number of carbonyl (C=O) groups excluding carboxylic acids is 3. The summed E-state index contributed by atoms with van der Waals surface area (Å²) in [7, 11) is 1.45. The summed E-state index contributed by atoms with van der Waals surface area (Å²) in [5.41, 5.74) is 0.616. The molecule has 1 aliphatic rings. The number of nitrogens with one attached hydrogen (secondary N) is 2. The predicted octanol–water partition coefficient (Wildman–Crippen LogP) is 0.487. The van der Waals surface area contributed by atoms with Crippen molar-refractivity contribution in [3.05, 3.63) is 28.8 Å². The average molecular weight is 355 g/mol. The Labute approximate surface area is 142 Å². The Morgan fingerprint density at radius 3 is 2.83 bits per heavy atom. The molecule has 0 fully saturated rings. The number of likely N-dealkylation sites (N-methyl/N-ethyl adjacent to an activating group) is 1. The molecule has 0 aromatic heterocycles. The molecule has 0 spiro atoms. The second-order valence-corrected chi connectivity index (χ2v) is 5.03. The van der Waals surface area contributed by atoms with Crippen LogP contribution in [0, 0.1) is 0 Å². The van der Waals surface area contributed by atoms with Crippen LogP contribution in [0.15, 0.2) is 18.2 Å². The fraction of sp³-hybridized carbons (Fsp3) is 0.267. The second-order valence-electron chi connectivity index (χ2n) is 4.63. The number of rotatable bonds is 6. The van der Waals surface area contributed by atoms with Gasteiger partial charge in [-0.15, -0.1) is 0 Å². The Morgan fingerprint density at radius 1 is 1.29 bits per heavy atom. The van der Waals surface area contributed by atoms with E-state index in [0.717, 1.165) is 6.08 Å². The highest BCUT2D eigenvalue weighted by Crippen LogP contribution is 2.40. The van der Waals surface area contributed by atoms with Crippen LogP contribution in [0.5, 0.6) is 11.5 Å². The van der Waals surface area contributed by atoms with E-state index in [1.54, 1.807) is 12.1 Å². The maximum Gasteiger partial charge on any atom is 0.331 e. The van der Waals surface area contributed by atoms with Gasteiger partial charge in [0.05, 0.1) is 11.6 Å². The number of fused-ring (bicyclic) bond motifs is 1. The van der Waals surface area contributed by atoms with E-state index >= 15 is 0 Å². The van der Waals surface area contributed by atoms with Crippen LogP contribution in [0.25, 0.3) is 6.08 Å². The van der Waals surface area contributed by atoms with E-state index in [2.05, 4.69) is 10.6 Å². The SMILES string of the molecule is CNC(=O)CNC(=O)COC(=O)/C=C/c1cc(Cl)c2c(c1)OCO2. The van der Waals surface area contributed by atoms with E-state index in [9.17, 15) is 14.4 Å². The summed E-state index contributed by atoms with van der Waals surface area (Å²) in [6.45, 7) is -0.574. The van der Waals surface area contributed by atoms with Gasteiger partial charge < -0.3 is 24.8 Å². The van der Waals surface area contributed by atoms with Crippen molar-refractivity contribution in [1.82, 2.24) is 10.6 Å². The highest BCUT2D eigenvalue weighted by atomic mass is 35.5. The number of benzene rings is 1. The molecule has 1 aliphatic heterocycles. The summed E-state index contributed by atoms with van der Waals surface area (Å²) >= 11 is 6.02. The summed E-state index contributed by atoms with van der Waals surface area (Å²) in [5, 5.41) is 5.01. The van der Waals surface area contributed by atoms with E-state index in [-0.39, 0.29) is 19.2 Å². The molecule has 9 heteroatoms. The molecule has 0 saturated heterocycles. The smallest absolute Gasteiger partial charge is 0.331 e. The zero-order valence-electron chi connectivity index (χ0n) is 12.8. The third kappa shape index (κ3) is 4.88. The summed E-state index contributed by atoms with van der Waals surface area (Å²) < 4.78 is 15.2. The van der Waals surface area contributed by atoms with Crippen molar-refractivity contribution in [3.63, 3.8) is 0 Å². The van der Waals surface area contributed by atoms with Crippen LogP contribution in [-0.4, -0.2) is 44.8 Å². The van der Waals surface area contributed by atoms with E-state index in [0.29, 0.717) is 22.1 Å². The lowest BCUT2D eigenvalue weighted by Crippen LogP contribution is -2.37. The highest BCUT2D eigenvalue weighted by Gasteiger charge is 2.17. The van der Waals surface area contributed by atoms with Gasteiger partial charge in [-0.2, -0.15) is 0 Å². The first kappa shape index (κ1) is 17.6. The van der Waals surface area contributed by atoms with Crippen molar-refractivity contribution < 1.29 is 28.6 Å². The maximum atomic E-state index is 11.6. The Kier molecular flexibility index (Phi) is 6.02. The number of ether oxygens (including phenoxy) is 3. The minimum Gasteiger partial charge on any atom is -0.454 e. The van der Waals surface area contributed by atoms with Crippen LogP contribution in [0.2, 0.25) is 5.02 Å². The Morgan fingerprint density at radius 2 is 2.08 bits per heavy atom. The summed E-state index contributed by atoms with van der Waals surface area (Å²) in [6, 6.07) is 3.27. The van der Waals surface area contributed by atoms with Gasteiger partial charge >= 0.3 is 5.97 Å². The van der Waals surface area contributed by atoms with Crippen molar-refractivity contribution >= 4 is 35.5 Å². The van der Waals surface area contributed by atoms with Gasteiger partial charge in [0.1, 0.15) is 0 Å². The monoisotopic (exact) mass is 354 g/mol. The standard InChI is InChI=1S/C15H15ClN2O6/c1-17-12(19)6-18-13(20)7-22-14(21)3-2-9-4-10(16)15-11(5-9)23-8-24-15/h2-5H,6-8H2,1H3,(H,17,19)(H,18,20)/b3-2+. The van der Waals surface area contributed by atoms with E-state index in [1.165, 1.54) is 13.1 Å². The molecule has 0 atom stereocenters. The Bertz CT molecular complexity index is 689. The summed E-state index contributed by atoms with van der Waals surface area (Å²) in [5.74, 6) is -0.687. The summed E-state index contributed by atoms with van der Waals surface area (Å²) in [4.78, 5) is 33.9. The van der Waals surface area contributed by atoms with Gasteiger partial charge in [0.15, 0.2) is 18.1 Å². The molecule has 0 saturated carbocycles. The lowest BCUT2D eigenvalue weighted by atomic mass is 10.2. The second kappa shape index (κ2) is 8.21. The first-order valence-electron chi connectivity index (χ1n) is 6.91. The quantitative estimate of drug-likeness (QED) is 0.569. The molecule has 2 rings (SSSR count). The van der Waals surface area contributed by atoms with Gasteiger partial charge in [0.2, 0.25) is 12.7 Å². The fourth-order valence-corrected chi connectivity index (χ4v) is 2.02. The first-order valence-corrected chi connectivity index (χ1v) is 7.28. The van der Waals surface area contributed by atoms with Crippen molar-refractivity contribution in [1.29, 1.82) is 0 Å². The van der Waals surface area contributed by atoms with E-state index in [4.69, 9.17) is 25.8 Å². The lowest BCUT2D eigenvalue weighted by Gasteiger charge is -2.04. The normalized spacial score (nSPS) is 12.1. The molecule has 128 valence electrons. The minimum absolute atomic E-state index is 0.0927. The number of esters is 1. The van der Waals surface area contributed by atoms with Crippen molar-refractivity contribution in [2.24, 2.45) is 0 Å². The number of halogens is 1. The molecule has 8 nitrogen and oxygen atoms in total. The largest absolute Gasteiger partial charge is 0.454 e. The zero-order valence-corrected chi connectivity index (χ0v) is 13.5. The van der Waals surface area contributed by atoms with Crippen molar-refractivity contribution in [2.45, 2.75) is 0 Å². The van der Waals surface area contributed by atoms with Crippen LogP contribution in [0.4, 0.5) is 0 Å². The third-order valence-corrected chi connectivity index (χ3v) is 3.21. The molecule has 2 amide bonds. The molecular weight excluding hydrogens is 340 g/mol. The van der Waals surface area contributed by atoms with Crippen LogP contribution >= 0.6 is 11.6 Å². The molecule has 0 aliphatic carbocycles. The molecule has 0 bridgehead atoms. The third-order valence-electron chi connectivity index (χ3n) is 2.93. The molecule has 2 N–H and O–H groups in total. The molecule has 1 heterocycles. The van der Waals surface area contributed by atoms with E-state index < -0.39 is 18.5 Å². The summed E-state index contributed by atoms with van der Waals surface area (Å²) in [6.07, 6.45) is 2.62. The van der Waals surface area contributed by atoms with Crippen LogP contribution < -0.4 is 20.1 Å². The maximum absolute atomic E-state index is 11.6. The minimum atomic E-state index is -0.709. The average Bonchev–Trinajstić information content (AvgIpc) is 3.05. The molecule has 1 aromatic rings. The van der Waals surface area contributed by atoms with Gasteiger partial charge in [0, 0.05) is 13.1 Å². The number of hydrogen-bond acceptors (Lipinski definition) is 6. The lowest BCUT2D eigenvalue weighted by molar-refractivity contribution is -0.143. The Hall–Kier alpha value is -2.74. The highest BCUT2D eigenvalue weighted by molar-refractivity contribution is 6.32. The zero-order chi connectivity index (χ0) is 17.5. The number of amides is 2. The van der Waals surface area contributed by atoms with Crippen LogP contribution in [-0.2, 0) is 19.1 Å². The van der Waals surface area contributed by atoms with Crippen molar-refractivity contribution in [2.75, 3.05) is 27.0 Å². The van der Waals surface area contributed by atoms with Crippen molar-refractivity contribution in [3.8, 4) is 11.5 Å². The molecule has 1 aromatic carbocycles. The van der Waals surface area contributed by atoms with Gasteiger partial charge in [-0.25, -0.2) is 4.79 Å². The van der Waals surface area contributed by atoms with Gasteiger partial charge in [-0.1, -0.05) is 11.6 Å². The van der Waals surface area contributed by atoms with Crippen LogP contribution in [0.3, 0.4) is 0 Å². The van der Waals surface area contributed by atoms with Crippen LogP contribution in [0.1, 0.15) is 5.56 Å². The molecular formula is C15H15ClN2O6. The van der Waals surface area contributed by atoms with E-state index in [1.807, 2.05) is 0 Å². The van der Waals surface area contributed by atoms with Gasteiger partial charge in [0.25, 0.3) is 5.91 Å².